The van der Waals surface area contributed by atoms with E-state index in [4.69, 9.17) is 28.5 Å². The molecule has 1 aromatic carbocycles. The van der Waals surface area contributed by atoms with Crippen LogP contribution in [0.25, 0.3) is 11.1 Å². The Morgan fingerprint density at radius 2 is 1.60 bits per heavy atom. The molecule has 19 nitrogen and oxygen atoms in total. The molecule has 6 N–H and O–H groups in total. The van der Waals surface area contributed by atoms with Gasteiger partial charge in [0, 0.05) is 61.9 Å². The molecule has 436 valence electrons. The Balaban J connectivity index is 1.42. The van der Waals surface area contributed by atoms with E-state index < -0.39 is 148 Å². The van der Waals surface area contributed by atoms with E-state index in [1.54, 1.807) is 72.2 Å². The number of alkyl halides is 1. The fourth-order valence-electron chi connectivity index (χ4n) is 12.2. The minimum atomic E-state index is -3.48. The maximum atomic E-state index is 14.7. The highest BCUT2D eigenvalue weighted by Crippen LogP contribution is 2.47. The minimum Gasteiger partial charge on any atom is -0.459 e. The van der Waals surface area contributed by atoms with Crippen molar-refractivity contribution in [3.8, 4) is 11.1 Å². The Hall–Kier alpha value is -3.74. The van der Waals surface area contributed by atoms with Crippen molar-refractivity contribution >= 4 is 27.4 Å². The van der Waals surface area contributed by atoms with Crippen LogP contribution in [0.3, 0.4) is 0 Å². The number of carbonyl (C=O) groups is 2. The fraction of sp³-hybridized carbons (Fsp3) is 0.750. The summed E-state index contributed by atoms with van der Waals surface area (Å²) < 4.78 is 71.2. The van der Waals surface area contributed by atoms with Gasteiger partial charge in [-0.15, -0.1) is 0 Å². The Morgan fingerprint density at radius 3 is 2.14 bits per heavy atom. The molecule has 3 aliphatic rings. The number of cyclic esters (lactones) is 1. The summed E-state index contributed by atoms with van der Waals surface area (Å²) in [5.74, 6) is -4.72. The van der Waals surface area contributed by atoms with E-state index in [1.807, 2.05) is 46.4 Å². The molecule has 19 atom stereocenters. The SMILES string of the molecule is CC[C@H]1OC(=O)[C@H](C)[C@@H](C2CC(C)(C)[C@@H](O)[C@H](C)O2)[C@H](C)[C@@H](O[C@@H]2O[C@H](C)C[C@H](N(C)CCC(=O)N[C@H](CF)[C@H](O)c3ccc(-c4ccc(S(C)(=O)=O)nc4)cc3)[C@H]2O)[C@](C)(OC)C[C@@H](C)/C(=N/OC)[C@H](C)[C@@H](O)[C@]1(C)O. The summed E-state index contributed by atoms with van der Waals surface area (Å²) in [5.41, 5.74) is -1.76. The number of ether oxygens (including phenoxy) is 5. The van der Waals surface area contributed by atoms with Crippen LogP contribution in [0.15, 0.2) is 52.8 Å². The zero-order valence-electron chi connectivity index (χ0n) is 47.8. The number of aliphatic hydroxyl groups excluding tert-OH is 4. The largest absolute Gasteiger partial charge is 0.459 e. The number of benzene rings is 1. The molecule has 1 amide bonds. The number of halogens is 1. The maximum Gasteiger partial charge on any atom is 0.309 e. The van der Waals surface area contributed by atoms with Crippen molar-refractivity contribution in [2.75, 3.05) is 40.7 Å². The topological polar surface area (TPSA) is 265 Å². The minimum absolute atomic E-state index is 0.0656. The van der Waals surface area contributed by atoms with Gasteiger partial charge in [0.05, 0.1) is 59.9 Å². The van der Waals surface area contributed by atoms with Gasteiger partial charge in [0.2, 0.25) is 5.91 Å². The van der Waals surface area contributed by atoms with Gasteiger partial charge in [0.15, 0.2) is 21.2 Å². The molecule has 0 spiro atoms. The molecule has 5 rings (SSSR count). The van der Waals surface area contributed by atoms with Gasteiger partial charge in [0.1, 0.15) is 37.7 Å². The number of aromatic nitrogens is 1. The third kappa shape index (κ3) is 14.8. The van der Waals surface area contributed by atoms with Crippen LogP contribution in [0.4, 0.5) is 4.39 Å². The fourth-order valence-corrected chi connectivity index (χ4v) is 12.8. The second-order valence-corrected chi connectivity index (χ2v) is 25.3. The Labute approximate surface area is 455 Å². The van der Waals surface area contributed by atoms with Gasteiger partial charge in [-0.3, -0.25) is 9.59 Å². The van der Waals surface area contributed by atoms with Gasteiger partial charge in [0.25, 0.3) is 0 Å². The molecule has 2 aromatic rings. The highest BCUT2D eigenvalue weighted by molar-refractivity contribution is 7.90. The number of nitrogens with zero attached hydrogens (tertiary/aromatic N) is 3. The Kier molecular flexibility index (Phi) is 21.8. The molecule has 0 bridgehead atoms. The van der Waals surface area contributed by atoms with Crippen molar-refractivity contribution in [1.29, 1.82) is 0 Å². The van der Waals surface area contributed by atoms with Gasteiger partial charge in [-0.1, -0.05) is 77.9 Å². The van der Waals surface area contributed by atoms with E-state index >= 15 is 0 Å². The second-order valence-electron chi connectivity index (χ2n) is 23.3. The first kappa shape index (κ1) is 64.1. The van der Waals surface area contributed by atoms with Gasteiger partial charge in [-0.2, -0.15) is 0 Å². The number of sulfone groups is 1. The molecule has 3 saturated heterocycles. The molecule has 1 aromatic heterocycles. The van der Waals surface area contributed by atoms with Crippen molar-refractivity contribution < 1.29 is 76.5 Å². The number of esters is 1. The number of hydrogen-bond acceptors (Lipinski definition) is 18. The standard InChI is InChI=1S/C56H89FN4O15S/c1-16-42-56(11,68)49(65)34(6)46(60-72-14)30(2)26-55(10,71-13)51(32(4)45(33(5)52(67)75-42)41-27-54(8,9)50(66)35(7)74-41)76-53-48(64)40(25-31(3)73-53)61(12)24-23-43(62)59-39(28-57)47(63)37-19-17-36(18-20-37)38-21-22-44(58-29-38)77(15,69)70/h17-22,29-35,39-42,45,47-51,53,63-66,68H,16,23-28H2,1-15H3,(H,59,62)/b60-46-/t30-,31-,32+,33-,34+,35+,39-,40+,41?,42-,45+,47-,48-,49-,50+,51-,53+,55-,56-/m1/s1. The molecule has 0 aliphatic carbocycles. The van der Waals surface area contributed by atoms with Crippen LogP contribution in [-0.4, -0.2) is 181 Å². The summed E-state index contributed by atoms with van der Waals surface area (Å²) in [6.45, 7) is 18.9. The van der Waals surface area contributed by atoms with E-state index in [2.05, 4.69) is 15.5 Å². The molecule has 21 heteroatoms. The molecule has 0 radical (unpaired) electrons. The summed E-state index contributed by atoms with van der Waals surface area (Å²) in [4.78, 5) is 39.4. The van der Waals surface area contributed by atoms with Crippen LogP contribution in [0.5, 0.6) is 0 Å². The van der Waals surface area contributed by atoms with Crippen molar-refractivity contribution in [2.45, 2.75) is 198 Å². The van der Waals surface area contributed by atoms with E-state index in [0.717, 1.165) is 6.26 Å². The van der Waals surface area contributed by atoms with E-state index in [9.17, 15) is 47.9 Å². The number of pyridine rings is 1. The monoisotopic (exact) mass is 1110 g/mol. The summed E-state index contributed by atoms with van der Waals surface area (Å²) >= 11 is 0. The number of carbonyl (C=O) groups excluding carboxylic acids is 2. The molecule has 3 fully saturated rings. The molecular weight excluding hydrogens is 1020 g/mol. The molecule has 77 heavy (non-hydrogen) atoms. The quantitative estimate of drug-likeness (QED) is 0.0934. The highest BCUT2D eigenvalue weighted by Gasteiger charge is 2.55. The van der Waals surface area contributed by atoms with Gasteiger partial charge in [-0.25, -0.2) is 17.8 Å². The number of rotatable bonds is 16. The maximum absolute atomic E-state index is 14.7. The third-order valence-electron chi connectivity index (χ3n) is 16.9. The van der Waals surface area contributed by atoms with Crippen molar-refractivity contribution in [3.63, 3.8) is 0 Å². The molecule has 1 unspecified atom stereocenters. The Bertz CT molecular complexity index is 2400. The number of hydrogen-bond donors (Lipinski definition) is 6. The van der Waals surface area contributed by atoms with Crippen molar-refractivity contribution in [3.05, 3.63) is 48.2 Å². The number of aliphatic hydroxyl groups is 5. The predicted molar refractivity (Wildman–Crippen MR) is 287 cm³/mol. The van der Waals surface area contributed by atoms with Gasteiger partial charge < -0.3 is 64.3 Å². The first-order valence-electron chi connectivity index (χ1n) is 27.0. The van der Waals surface area contributed by atoms with Crippen LogP contribution < -0.4 is 5.32 Å². The summed E-state index contributed by atoms with van der Waals surface area (Å²) in [6.07, 6.45) is -6.68. The van der Waals surface area contributed by atoms with Crippen LogP contribution in [0.1, 0.15) is 120 Å². The zero-order valence-corrected chi connectivity index (χ0v) is 48.6. The first-order chi connectivity index (χ1) is 35.9. The summed E-state index contributed by atoms with van der Waals surface area (Å²) in [7, 11) is 1.20. The zero-order chi connectivity index (χ0) is 57.7. The molecular formula is C56H89FN4O15S. The van der Waals surface area contributed by atoms with Gasteiger partial charge in [-0.05, 0) is 95.0 Å². The Morgan fingerprint density at radius 1 is 0.961 bits per heavy atom. The number of nitrogens with one attached hydrogen (secondary N) is 1. The molecule has 4 heterocycles. The van der Waals surface area contributed by atoms with Crippen LogP contribution in [0.2, 0.25) is 0 Å². The van der Waals surface area contributed by atoms with Crippen LogP contribution in [-0.2, 0) is 47.9 Å². The van der Waals surface area contributed by atoms with Crippen molar-refractivity contribution in [1.82, 2.24) is 15.2 Å². The number of oxime groups is 1. The van der Waals surface area contributed by atoms with Crippen LogP contribution >= 0.6 is 0 Å². The number of amides is 1. The van der Waals surface area contributed by atoms with E-state index in [0.29, 0.717) is 35.2 Å². The lowest BCUT2D eigenvalue weighted by Crippen LogP contribution is -2.61. The predicted octanol–water partition coefficient (Wildman–Crippen LogP) is 5.18. The smallest absolute Gasteiger partial charge is 0.309 e. The third-order valence-corrected chi connectivity index (χ3v) is 17.9. The second kappa shape index (κ2) is 26.2. The lowest BCUT2D eigenvalue weighted by molar-refractivity contribution is -0.303. The first-order valence-corrected chi connectivity index (χ1v) is 28.9. The van der Waals surface area contributed by atoms with Crippen LogP contribution in [0, 0.1) is 35.0 Å². The highest BCUT2D eigenvalue weighted by atomic mass is 32.2. The van der Waals surface area contributed by atoms with Gasteiger partial charge >= 0.3 is 5.97 Å². The number of methoxy groups -OCH3 is 1. The lowest BCUT2D eigenvalue weighted by atomic mass is 9.66. The van der Waals surface area contributed by atoms with E-state index in [-0.39, 0.29) is 30.8 Å². The molecule has 0 saturated carbocycles. The summed E-state index contributed by atoms with van der Waals surface area (Å²) in [6, 6.07) is 7.67. The van der Waals surface area contributed by atoms with Crippen molar-refractivity contribution in [2.24, 2.45) is 40.2 Å². The van der Waals surface area contributed by atoms with E-state index in [1.165, 1.54) is 26.3 Å². The number of likely N-dealkylation sites (N-methyl/N-ethyl adjacent to an activating group) is 1. The lowest BCUT2D eigenvalue weighted by Gasteiger charge is -2.52. The average molecular weight is 1110 g/mol. The molecule has 3 aliphatic heterocycles. The summed E-state index contributed by atoms with van der Waals surface area (Å²) in [5, 5.41) is 65.8. The normalized spacial score (nSPS) is 37.1. The average Bonchev–Trinajstić information content (AvgIpc) is 3.38.